The zero-order valence-corrected chi connectivity index (χ0v) is 13.0. The number of aromatic nitrogens is 2. The topological polar surface area (TPSA) is 38.1 Å². The van der Waals surface area contributed by atoms with Crippen LogP contribution in [0.1, 0.15) is 0 Å². The third kappa shape index (κ3) is 2.68. The molecule has 0 unspecified atom stereocenters. The van der Waals surface area contributed by atoms with E-state index in [2.05, 4.69) is 18.2 Å². The highest BCUT2D eigenvalue weighted by atomic mass is 16.3. The van der Waals surface area contributed by atoms with Crippen LogP contribution in [0.2, 0.25) is 0 Å². The molecule has 0 amide bonds. The van der Waals surface area contributed by atoms with Crippen molar-refractivity contribution in [3.8, 4) is 34.0 Å². The van der Waals surface area contributed by atoms with Gasteiger partial charge < -0.3 is 5.11 Å². The number of phenols is 1. The predicted molar refractivity (Wildman–Crippen MR) is 96.1 cm³/mol. The van der Waals surface area contributed by atoms with Crippen molar-refractivity contribution in [3.05, 3.63) is 91.0 Å². The van der Waals surface area contributed by atoms with E-state index in [9.17, 15) is 5.11 Å². The van der Waals surface area contributed by atoms with Crippen molar-refractivity contribution in [1.29, 1.82) is 0 Å². The Labute approximate surface area is 140 Å². The number of phenolic OH excluding ortho intramolecular Hbond substituents is 1. The van der Waals surface area contributed by atoms with Crippen molar-refractivity contribution < 1.29 is 5.11 Å². The average molecular weight is 312 g/mol. The van der Waals surface area contributed by atoms with Gasteiger partial charge in [0.25, 0.3) is 0 Å². The lowest BCUT2D eigenvalue weighted by Crippen LogP contribution is -1.98. The maximum Gasteiger partial charge on any atom is 0.115 e. The van der Waals surface area contributed by atoms with Crippen LogP contribution in [0, 0.1) is 0 Å². The van der Waals surface area contributed by atoms with E-state index in [0.29, 0.717) is 0 Å². The standard InChI is InChI=1S/C21H16N2O/c24-19-13-11-17(12-14-19)21-15-20(16-7-3-1-4-8-16)22-23(21)18-9-5-2-6-10-18/h1-15,24H. The Hall–Kier alpha value is -3.33. The van der Waals surface area contributed by atoms with Crippen LogP contribution in [0.25, 0.3) is 28.2 Å². The summed E-state index contributed by atoms with van der Waals surface area (Å²) < 4.78 is 1.94. The summed E-state index contributed by atoms with van der Waals surface area (Å²) in [5.41, 5.74) is 4.99. The third-order valence-corrected chi connectivity index (χ3v) is 3.94. The minimum absolute atomic E-state index is 0.257. The Balaban J connectivity index is 1.90. The predicted octanol–water partition coefficient (Wildman–Crippen LogP) is 4.91. The van der Waals surface area contributed by atoms with Crippen molar-refractivity contribution in [1.82, 2.24) is 9.78 Å². The van der Waals surface area contributed by atoms with Crippen LogP contribution in [0.5, 0.6) is 5.75 Å². The first-order valence-electron chi connectivity index (χ1n) is 7.81. The highest BCUT2D eigenvalue weighted by molar-refractivity contribution is 5.70. The second-order valence-corrected chi connectivity index (χ2v) is 5.58. The molecular weight excluding hydrogens is 296 g/mol. The molecule has 1 heterocycles. The van der Waals surface area contributed by atoms with Crippen LogP contribution >= 0.6 is 0 Å². The molecule has 116 valence electrons. The van der Waals surface area contributed by atoms with Gasteiger partial charge >= 0.3 is 0 Å². The molecule has 3 aromatic carbocycles. The Kier molecular flexibility index (Phi) is 3.60. The van der Waals surface area contributed by atoms with E-state index in [4.69, 9.17) is 5.10 Å². The molecule has 4 rings (SSSR count). The molecule has 24 heavy (non-hydrogen) atoms. The Morgan fingerprint density at radius 3 is 1.96 bits per heavy atom. The molecule has 1 N–H and O–H groups in total. The quantitative estimate of drug-likeness (QED) is 0.583. The lowest BCUT2D eigenvalue weighted by Gasteiger charge is -2.07. The number of hydrogen-bond donors (Lipinski definition) is 1. The van der Waals surface area contributed by atoms with E-state index >= 15 is 0 Å². The maximum atomic E-state index is 9.55. The molecule has 3 nitrogen and oxygen atoms in total. The minimum Gasteiger partial charge on any atom is -0.508 e. The first-order chi connectivity index (χ1) is 11.8. The average Bonchev–Trinajstić information content (AvgIpc) is 3.09. The van der Waals surface area contributed by atoms with Crippen molar-refractivity contribution in [2.45, 2.75) is 0 Å². The molecule has 0 aliphatic rings. The largest absolute Gasteiger partial charge is 0.508 e. The molecule has 0 aliphatic heterocycles. The molecule has 0 atom stereocenters. The Morgan fingerprint density at radius 1 is 0.667 bits per heavy atom. The number of hydrogen-bond acceptors (Lipinski definition) is 2. The van der Waals surface area contributed by atoms with Crippen molar-refractivity contribution in [3.63, 3.8) is 0 Å². The maximum absolute atomic E-state index is 9.55. The zero-order valence-electron chi connectivity index (χ0n) is 13.0. The first kappa shape index (κ1) is 14.3. The van der Waals surface area contributed by atoms with Crippen LogP contribution < -0.4 is 0 Å². The summed E-state index contributed by atoms with van der Waals surface area (Å²) in [7, 11) is 0. The van der Waals surface area contributed by atoms with Crippen molar-refractivity contribution >= 4 is 0 Å². The fourth-order valence-electron chi connectivity index (χ4n) is 2.73. The van der Waals surface area contributed by atoms with E-state index in [1.165, 1.54) is 0 Å². The van der Waals surface area contributed by atoms with Gasteiger partial charge in [-0.25, -0.2) is 4.68 Å². The Morgan fingerprint density at radius 2 is 1.29 bits per heavy atom. The summed E-state index contributed by atoms with van der Waals surface area (Å²) in [6, 6.07) is 29.5. The van der Waals surface area contributed by atoms with Gasteiger partial charge in [0.1, 0.15) is 5.75 Å². The first-order valence-corrected chi connectivity index (χ1v) is 7.81. The lowest BCUT2D eigenvalue weighted by atomic mass is 10.1. The number of benzene rings is 3. The lowest BCUT2D eigenvalue weighted by molar-refractivity contribution is 0.475. The summed E-state index contributed by atoms with van der Waals surface area (Å²) in [4.78, 5) is 0. The summed E-state index contributed by atoms with van der Waals surface area (Å²) >= 11 is 0. The van der Waals surface area contributed by atoms with Gasteiger partial charge in [-0.1, -0.05) is 48.5 Å². The number of para-hydroxylation sites is 1. The number of rotatable bonds is 3. The van der Waals surface area contributed by atoms with Gasteiger partial charge in [-0.2, -0.15) is 5.10 Å². The molecule has 3 heteroatoms. The zero-order chi connectivity index (χ0) is 16.4. The number of nitrogens with zero attached hydrogens (tertiary/aromatic N) is 2. The van der Waals surface area contributed by atoms with E-state index in [1.54, 1.807) is 12.1 Å². The van der Waals surface area contributed by atoms with Crippen molar-refractivity contribution in [2.24, 2.45) is 0 Å². The molecule has 1 aromatic heterocycles. The Bertz CT molecular complexity index is 942. The van der Waals surface area contributed by atoms with E-state index in [1.807, 2.05) is 65.3 Å². The number of aromatic hydroxyl groups is 1. The summed E-state index contributed by atoms with van der Waals surface area (Å²) in [5, 5.41) is 14.4. The van der Waals surface area contributed by atoms with Gasteiger partial charge in [-0.05, 0) is 42.5 Å². The highest BCUT2D eigenvalue weighted by Gasteiger charge is 2.12. The monoisotopic (exact) mass is 312 g/mol. The second-order valence-electron chi connectivity index (χ2n) is 5.58. The summed E-state index contributed by atoms with van der Waals surface area (Å²) in [5.74, 6) is 0.257. The smallest absolute Gasteiger partial charge is 0.115 e. The fraction of sp³-hybridized carbons (Fsp3) is 0. The van der Waals surface area contributed by atoms with Gasteiger partial charge in [0.2, 0.25) is 0 Å². The van der Waals surface area contributed by atoms with Gasteiger partial charge in [-0.3, -0.25) is 0 Å². The van der Waals surface area contributed by atoms with Crippen LogP contribution in [-0.2, 0) is 0 Å². The van der Waals surface area contributed by atoms with Gasteiger partial charge in [0, 0.05) is 11.1 Å². The molecule has 4 aromatic rings. The molecule has 0 saturated carbocycles. The van der Waals surface area contributed by atoms with E-state index < -0.39 is 0 Å². The third-order valence-electron chi connectivity index (χ3n) is 3.94. The molecule has 0 spiro atoms. The molecule has 0 bridgehead atoms. The van der Waals surface area contributed by atoms with Crippen LogP contribution in [0.15, 0.2) is 91.0 Å². The normalized spacial score (nSPS) is 10.7. The van der Waals surface area contributed by atoms with Crippen LogP contribution in [-0.4, -0.2) is 14.9 Å². The van der Waals surface area contributed by atoms with Gasteiger partial charge in [0.05, 0.1) is 17.1 Å². The van der Waals surface area contributed by atoms with E-state index in [-0.39, 0.29) is 5.75 Å². The van der Waals surface area contributed by atoms with Crippen molar-refractivity contribution in [2.75, 3.05) is 0 Å². The molecular formula is C21H16N2O. The molecule has 0 radical (unpaired) electrons. The highest BCUT2D eigenvalue weighted by Crippen LogP contribution is 2.29. The second kappa shape index (κ2) is 6.05. The van der Waals surface area contributed by atoms with Crippen LogP contribution in [0.4, 0.5) is 0 Å². The van der Waals surface area contributed by atoms with Gasteiger partial charge in [-0.15, -0.1) is 0 Å². The SMILES string of the molecule is Oc1ccc(-c2cc(-c3ccccc3)nn2-c2ccccc2)cc1. The minimum atomic E-state index is 0.257. The molecule has 0 saturated heterocycles. The summed E-state index contributed by atoms with van der Waals surface area (Å²) in [6.45, 7) is 0. The molecule has 0 aliphatic carbocycles. The molecule has 0 fully saturated rings. The van der Waals surface area contributed by atoms with Crippen LogP contribution in [0.3, 0.4) is 0 Å². The van der Waals surface area contributed by atoms with E-state index in [0.717, 1.165) is 28.2 Å². The fourth-order valence-corrected chi connectivity index (χ4v) is 2.73. The summed E-state index contributed by atoms with van der Waals surface area (Å²) in [6.07, 6.45) is 0. The van der Waals surface area contributed by atoms with Gasteiger partial charge in [0.15, 0.2) is 0 Å².